The Morgan fingerprint density at radius 3 is 2.14 bits per heavy atom. The second kappa shape index (κ2) is 8.90. The van der Waals surface area contributed by atoms with Gasteiger partial charge in [-0.05, 0) is 36.7 Å². The Kier molecular flexibility index (Phi) is 7.87. The van der Waals surface area contributed by atoms with Crippen LogP contribution in [0.2, 0.25) is 18.1 Å². The third kappa shape index (κ3) is 6.67. The predicted molar refractivity (Wildman–Crippen MR) is 95.0 cm³/mol. The average Bonchev–Trinajstić information content (AvgIpc) is 2.85. The Hall–Kier alpha value is -0.583. The van der Waals surface area contributed by atoms with E-state index in [1.165, 1.54) is 6.42 Å². The van der Waals surface area contributed by atoms with Gasteiger partial charge in [0, 0.05) is 26.1 Å². The maximum Gasteiger partial charge on any atom is 0.191 e. The minimum absolute atomic E-state index is 0.261. The Labute approximate surface area is 137 Å². The highest BCUT2D eigenvalue weighted by Gasteiger charge is 2.36. The Bertz CT molecular complexity index is 418. The van der Waals surface area contributed by atoms with E-state index in [-0.39, 0.29) is 5.04 Å². The second-order valence-electron chi connectivity index (χ2n) is 7.44. The van der Waals surface area contributed by atoms with Crippen molar-refractivity contribution in [3.8, 4) is 0 Å². The van der Waals surface area contributed by atoms with Crippen LogP contribution in [0.15, 0.2) is 16.5 Å². The lowest BCUT2D eigenvalue weighted by atomic mass is 10.2. The van der Waals surface area contributed by atoms with Gasteiger partial charge in [0.15, 0.2) is 8.32 Å². The number of furan rings is 1. The first-order valence-corrected chi connectivity index (χ1v) is 11.5. The number of rotatable bonds is 10. The fraction of sp³-hybridized carbons (Fsp3) is 0.778. The molecule has 0 bridgehead atoms. The lowest BCUT2D eigenvalue weighted by Gasteiger charge is -2.36. The molecule has 0 aliphatic heterocycles. The van der Waals surface area contributed by atoms with Crippen LogP contribution in [-0.2, 0) is 22.0 Å². The molecule has 0 aliphatic rings. The summed E-state index contributed by atoms with van der Waals surface area (Å²) in [5.41, 5.74) is 0. The van der Waals surface area contributed by atoms with Gasteiger partial charge < -0.3 is 13.6 Å². The van der Waals surface area contributed by atoms with Crippen LogP contribution in [0.3, 0.4) is 0 Å². The number of hydrogen-bond acceptors (Lipinski definition) is 3. The summed E-state index contributed by atoms with van der Waals surface area (Å²) >= 11 is 0. The fourth-order valence-corrected chi connectivity index (χ4v) is 2.88. The normalized spacial score (nSPS) is 12.8. The summed E-state index contributed by atoms with van der Waals surface area (Å²) in [5, 5.41) is 0.261. The number of unbranched alkanes of at least 4 members (excludes halogenated alkanes) is 1. The van der Waals surface area contributed by atoms with Gasteiger partial charge in [-0.15, -0.1) is 0 Å². The molecule has 0 saturated heterocycles. The monoisotopic (exact) mass is 326 g/mol. The first-order chi connectivity index (χ1) is 10.3. The third-order valence-electron chi connectivity index (χ3n) is 4.47. The van der Waals surface area contributed by atoms with E-state index in [0.29, 0.717) is 0 Å². The number of hydrogen-bond donors (Lipinski definition) is 0. The van der Waals surface area contributed by atoms with Gasteiger partial charge in [-0.25, -0.2) is 0 Å². The van der Waals surface area contributed by atoms with Crippen molar-refractivity contribution in [2.24, 2.45) is 0 Å². The van der Waals surface area contributed by atoms with Crippen molar-refractivity contribution >= 4 is 8.32 Å². The Balaban J connectivity index is 2.28. The summed E-state index contributed by atoms with van der Waals surface area (Å²) in [6.45, 7) is 15.9. The topological polar surface area (TPSA) is 31.6 Å². The maximum atomic E-state index is 6.19. The van der Waals surface area contributed by atoms with Crippen molar-refractivity contribution in [2.45, 2.75) is 71.5 Å². The van der Waals surface area contributed by atoms with Crippen molar-refractivity contribution < 1.29 is 13.6 Å². The van der Waals surface area contributed by atoms with E-state index >= 15 is 0 Å². The SMILES string of the molecule is CCCCOCCc1ccc(CCO[Si](C)(C)C(C)(C)C)o1. The van der Waals surface area contributed by atoms with Crippen LogP contribution >= 0.6 is 0 Å². The minimum atomic E-state index is -1.65. The summed E-state index contributed by atoms with van der Waals surface area (Å²) in [7, 11) is -1.65. The molecule has 0 spiro atoms. The van der Waals surface area contributed by atoms with Crippen molar-refractivity contribution in [1.29, 1.82) is 0 Å². The molecule has 3 nitrogen and oxygen atoms in total. The van der Waals surface area contributed by atoms with Gasteiger partial charge in [0.2, 0.25) is 0 Å². The van der Waals surface area contributed by atoms with E-state index in [9.17, 15) is 0 Å². The Morgan fingerprint density at radius 1 is 1.00 bits per heavy atom. The first kappa shape index (κ1) is 19.5. The van der Waals surface area contributed by atoms with Crippen molar-refractivity contribution in [3.05, 3.63) is 23.7 Å². The standard InChI is InChI=1S/C18H34O3Si/c1-7-8-13-19-14-11-16-9-10-17(21-16)12-15-20-22(5,6)18(2,3)4/h9-10H,7-8,11-15H2,1-6H3. The molecule has 0 fully saturated rings. The lowest BCUT2D eigenvalue weighted by Crippen LogP contribution is -2.41. The molecule has 1 heterocycles. The molecule has 0 aliphatic carbocycles. The smallest absolute Gasteiger partial charge is 0.191 e. The zero-order chi connectivity index (χ0) is 16.6. The first-order valence-electron chi connectivity index (χ1n) is 8.55. The molecular weight excluding hydrogens is 292 g/mol. The highest BCUT2D eigenvalue weighted by molar-refractivity contribution is 6.74. The van der Waals surface area contributed by atoms with Crippen LogP contribution < -0.4 is 0 Å². The molecule has 0 radical (unpaired) electrons. The van der Waals surface area contributed by atoms with Crippen LogP contribution in [0.5, 0.6) is 0 Å². The van der Waals surface area contributed by atoms with Gasteiger partial charge in [0.1, 0.15) is 11.5 Å². The molecule has 22 heavy (non-hydrogen) atoms. The van der Waals surface area contributed by atoms with Crippen LogP contribution in [-0.4, -0.2) is 28.1 Å². The van der Waals surface area contributed by atoms with Gasteiger partial charge in [0.05, 0.1) is 6.61 Å². The molecule has 1 aromatic heterocycles. The predicted octanol–water partition coefficient (Wildman–Crippen LogP) is 5.20. The van der Waals surface area contributed by atoms with Crippen LogP contribution in [0.25, 0.3) is 0 Å². The van der Waals surface area contributed by atoms with Crippen molar-refractivity contribution in [2.75, 3.05) is 19.8 Å². The number of ether oxygens (including phenoxy) is 1. The molecule has 4 heteroatoms. The summed E-state index contributed by atoms with van der Waals surface area (Å²) < 4.78 is 17.6. The van der Waals surface area contributed by atoms with Gasteiger partial charge in [-0.3, -0.25) is 0 Å². The van der Waals surface area contributed by atoms with E-state index in [1.54, 1.807) is 0 Å². The van der Waals surface area contributed by atoms with E-state index in [4.69, 9.17) is 13.6 Å². The largest absolute Gasteiger partial charge is 0.466 e. The van der Waals surface area contributed by atoms with Crippen LogP contribution in [0.1, 0.15) is 52.1 Å². The molecule has 0 amide bonds. The summed E-state index contributed by atoms with van der Waals surface area (Å²) in [5.74, 6) is 2.03. The maximum absolute atomic E-state index is 6.19. The molecule has 0 saturated carbocycles. The van der Waals surface area contributed by atoms with Crippen molar-refractivity contribution in [3.63, 3.8) is 0 Å². The van der Waals surface area contributed by atoms with Crippen molar-refractivity contribution in [1.82, 2.24) is 0 Å². The molecule has 1 rings (SSSR count). The van der Waals surface area contributed by atoms with E-state index in [0.717, 1.165) is 50.6 Å². The molecule has 0 aromatic carbocycles. The van der Waals surface area contributed by atoms with Gasteiger partial charge in [0.25, 0.3) is 0 Å². The molecular formula is C18H34O3Si. The van der Waals surface area contributed by atoms with Crippen LogP contribution in [0, 0.1) is 0 Å². The van der Waals surface area contributed by atoms with Crippen LogP contribution in [0.4, 0.5) is 0 Å². The molecule has 0 N–H and O–H groups in total. The van der Waals surface area contributed by atoms with Gasteiger partial charge in [-0.2, -0.15) is 0 Å². The highest BCUT2D eigenvalue weighted by Crippen LogP contribution is 2.36. The molecule has 0 atom stereocenters. The quantitative estimate of drug-likeness (QED) is 0.437. The lowest BCUT2D eigenvalue weighted by molar-refractivity contribution is 0.130. The van der Waals surface area contributed by atoms with E-state index < -0.39 is 8.32 Å². The zero-order valence-electron chi connectivity index (χ0n) is 15.3. The fourth-order valence-electron chi connectivity index (χ4n) is 1.84. The summed E-state index contributed by atoms with van der Waals surface area (Å²) in [6, 6.07) is 4.13. The summed E-state index contributed by atoms with van der Waals surface area (Å²) in [6.07, 6.45) is 4.02. The average molecular weight is 327 g/mol. The molecule has 1 aromatic rings. The highest BCUT2D eigenvalue weighted by atomic mass is 28.4. The minimum Gasteiger partial charge on any atom is -0.466 e. The van der Waals surface area contributed by atoms with Gasteiger partial charge >= 0.3 is 0 Å². The third-order valence-corrected chi connectivity index (χ3v) is 9.01. The zero-order valence-corrected chi connectivity index (χ0v) is 16.3. The van der Waals surface area contributed by atoms with Gasteiger partial charge in [-0.1, -0.05) is 34.1 Å². The summed E-state index contributed by atoms with van der Waals surface area (Å²) in [4.78, 5) is 0. The molecule has 0 unspecified atom stereocenters. The van der Waals surface area contributed by atoms with E-state index in [2.05, 4.69) is 52.9 Å². The second-order valence-corrected chi connectivity index (χ2v) is 12.3. The van der Waals surface area contributed by atoms with E-state index in [1.807, 2.05) is 0 Å². The Morgan fingerprint density at radius 2 is 1.59 bits per heavy atom. The molecule has 128 valence electrons.